The average Bonchev–Trinajstić information content (AvgIpc) is 3.06. The summed E-state index contributed by atoms with van der Waals surface area (Å²) in [7, 11) is 0. The molecule has 0 spiro atoms. The third-order valence-corrected chi connectivity index (χ3v) is 11.1. The van der Waals surface area contributed by atoms with Crippen molar-refractivity contribution in [3.8, 4) is 0 Å². The van der Waals surface area contributed by atoms with E-state index in [-0.39, 0.29) is 17.5 Å². The first kappa shape index (κ1) is 34.2. The van der Waals surface area contributed by atoms with Gasteiger partial charge in [0.15, 0.2) is 0 Å². The van der Waals surface area contributed by atoms with Crippen LogP contribution in [-0.4, -0.2) is 6.71 Å². The van der Waals surface area contributed by atoms with E-state index in [0.717, 1.165) is 0 Å². The minimum Gasteiger partial charge on any atom is -0.311 e. The Bertz CT molecular complexity index is 2050. The molecule has 0 saturated carbocycles. The summed E-state index contributed by atoms with van der Waals surface area (Å²) in [6, 6.07) is 38.2. The van der Waals surface area contributed by atoms with Gasteiger partial charge in [-0.3, -0.25) is 0 Å². The van der Waals surface area contributed by atoms with E-state index in [1.54, 1.807) is 0 Å². The molecule has 256 valence electrons. The molecule has 2 aliphatic heterocycles. The molecule has 50 heavy (non-hydrogen) atoms. The van der Waals surface area contributed by atoms with Gasteiger partial charge in [-0.25, -0.2) is 0 Å². The second-order valence-electron chi connectivity index (χ2n) is 17.8. The molecule has 0 saturated heterocycles. The summed E-state index contributed by atoms with van der Waals surface area (Å²) in [5, 5.41) is 0. The molecule has 0 aliphatic carbocycles. The van der Waals surface area contributed by atoms with Gasteiger partial charge in [-0.05, 0) is 121 Å². The van der Waals surface area contributed by atoms with Crippen LogP contribution < -0.4 is 26.2 Å². The molecule has 0 atom stereocenters. The molecule has 0 fully saturated rings. The Morgan fingerprint density at radius 1 is 0.420 bits per heavy atom. The minimum atomic E-state index is 0.0281. The SMILES string of the molecule is CC(C)c1ccc(N2c3ccc(C(C)C)cc3B3c4cc(C(C)(C)C)ccc4N(c4ccc(C(C)(C)C)cc4)c4cc(C(C)C)cc2c43)cc1. The van der Waals surface area contributed by atoms with Crippen LogP contribution in [0.1, 0.15) is 129 Å². The lowest BCUT2D eigenvalue weighted by molar-refractivity contribution is 0.590. The smallest absolute Gasteiger partial charge is 0.252 e. The van der Waals surface area contributed by atoms with Gasteiger partial charge in [0.1, 0.15) is 0 Å². The second-order valence-corrected chi connectivity index (χ2v) is 17.8. The van der Waals surface area contributed by atoms with Gasteiger partial charge in [0.25, 0.3) is 6.71 Å². The van der Waals surface area contributed by atoms with Gasteiger partial charge in [0, 0.05) is 34.1 Å². The molecular weight excluding hydrogens is 603 g/mol. The summed E-state index contributed by atoms with van der Waals surface area (Å²) in [6.45, 7) is 27.9. The Morgan fingerprint density at radius 2 is 0.840 bits per heavy atom. The van der Waals surface area contributed by atoms with Crippen LogP contribution in [0.5, 0.6) is 0 Å². The third kappa shape index (κ3) is 5.77. The number of nitrogens with zero attached hydrogens (tertiary/aromatic N) is 2. The molecule has 5 aromatic rings. The predicted molar refractivity (Wildman–Crippen MR) is 220 cm³/mol. The van der Waals surface area contributed by atoms with Gasteiger partial charge >= 0.3 is 0 Å². The Morgan fingerprint density at radius 3 is 1.32 bits per heavy atom. The minimum absolute atomic E-state index is 0.0281. The van der Waals surface area contributed by atoms with Crippen LogP contribution in [0, 0.1) is 0 Å². The van der Waals surface area contributed by atoms with Gasteiger partial charge in [-0.2, -0.15) is 0 Å². The summed E-state index contributed by atoms with van der Waals surface area (Å²) < 4.78 is 0. The lowest BCUT2D eigenvalue weighted by Gasteiger charge is -2.45. The van der Waals surface area contributed by atoms with Gasteiger partial charge in [-0.1, -0.05) is 132 Å². The highest BCUT2D eigenvalue weighted by atomic mass is 15.2. The zero-order valence-corrected chi connectivity index (χ0v) is 32.4. The maximum Gasteiger partial charge on any atom is 0.252 e. The molecule has 0 N–H and O–H groups in total. The topological polar surface area (TPSA) is 6.48 Å². The number of hydrogen-bond acceptors (Lipinski definition) is 2. The highest BCUT2D eigenvalue weighted by Crippen LogP contribution is 2.46. The molecule has 5 aromatic carbocycles. The predicted octanol–water partition coefficient (Wildman–Crippen LogP) is 11.7. The zero-order chi connectivity index (χ0) is 35.9. The number of fused-ring (bicyclic) bond motifs is 4. The average molecular weight is 659 g/mol. The van der Waals surface area contributed by atoms with Crippen molar-refractivity contribution in [1.29, 1.82) is 0 Å². The maximum absolute atomic E-state index is 2.56. The van der Waals surface area contributed by atoms with Crippen LogP contribution in [0.2, 0.25) is 0 Å². The van der Waals surface area contributed by atoms with Gasteiger partial charge in [0.05, 0.1) is 0 Å². The van der Waals surface area contributed by atoms with E-state index < -0.39 is 0 Å². The number of hydrogen-bond donors (Lipinski definition) is 0. The standard InChI is InChI=1S/C47H55BN2/c1-29(2)32-13-19-37(20-14-32)49-41-23-15-33(30(3)4)25-39(41)48-40-28-36(47(10,11)12)18-24-42(40)50(38-21-16-35(17-22-38)46(7,8)9)44-27-34(31(5)6)26-43(49)45(44)48/h13-31H,1-12H3. The summed E-state index contributed by atoms with van der Waals surface area (Å²) in [5.41, 5.74) is 18.7. The first-order chi connectivity index (χ1) is 23.5. The monoisotopic (exact) mass is 658 g/mol. The number of anilines is 6. The molecule has 0 unspecified atom stereocenters. The Labute approximate surface area is 302 Å². The van der Waals surface area contributed by atoms with E-state index in [9.17, 15) is 0 Å². The van der Waals surface area contributed by atoms with E-state index in [1.165, 1.54) is 78.3 Å². The fraction of sp³-hybridized carbons (Fsp3) is 0.362. The molecule has 0 amide bonds. The highest BCUT2D eigenvalue weighted by Gasteiger charge is 2.44. The first-order valence-electron chi connectivity index (χ1n) is 18.8. The van der Waals surface area contributed by atoms with E-state index in [0.29, 0.717) is 17.8 Å². The van der Waals surface area contributed by atoms with Crippen LogP contribution in [0.25, 0.3) is 0 Å². The van der Waals surface area contributed by atoms with E-state index in [1.807, 2.05) is 0 Å². The van der Waals surface area contributed by atoms with E-state index in [2.05, 4.69) is 190 Å². The van der Waals surface area contributed by atoms with Crippen LogP contribution in [0.3, 0.4) is 0 Å². The Hall–Kier alpha value is -4.24. The van der Waals surface area contributed by atoms with Crippen molar-refractivity contribution in [3.63, 3.8) is 0 Å². The third-order valence-electron chi connectivity index (χ3n) is 11.1. The van der Waals surface area contributed by atoms with Crippen molar-refractivity contribution >= 4 is 57.2 Å². The summed E-state index contributed by atoms with van der Waals surface area (Å²) in [4.78, 5) is 5.12. The summed E-state index contributed by atoms with van der Waals surface area (Å²) >= 11 is 0. The van der Waals surface area contributed by atoms with Gasteiger partial charge in [0.2, 0.25) is 0 Å². The van der Waals surface area contributed by atoms with E-state index in [4.69, 9.17) is 0 Å². The molecular formula is C47H55BN2. The molecule has 0 bridgehead atoms. The number of benzene rings is 5. The normalized spacial score (nSPS) is 14.0. The fourth-order valence-corrected chi connectivity index (χ4v) is 7.88. The zero-order valence-electron chi connectivity index (χ0n) is 32.4. The van der Waals surface area contributed by atoms with Gasteiger partial charge in [-0.15, -0.1) is 0 Å². The lowest BCUT2D eigenvalue weighted by Crippen LogP contribution is -2.61. The Balaban J connectivity index is 1.59. The van der Waals surface area contributed by atoms with E-state index >= 15 is 0 Å². The van der Waals surface area contributed by atoms with Crippen molar-refractivity contribution in [2.24, 2.45) is 0 Å². The van der Waals surface area contributed by atoms with Crippen molar-refractivity contribution < 1.29 is 0 Å². The van der Waals surface area contributed by atoms with Crippen molar-refractivity contribution in [1.82, 2.24) is 0 Å². The largest absolute Gasteiger partial charge is 0.311 e. The van der Waals surface area contributed by atoms with Crippen LogP contribution in [0.4, 0.5) is 34.1 Å². The van der Waals surface area contributed by atoms with Crippen molar-refractivity contribution in [2.75, 3.05) is 9.80 Å². The van der Waals surface area contributed by atoms with Crippen LogP contribution >= 0.6 is 0 Å². The molecule has 0 radical (unpaired) electrons. The molecule has 3 heteroatoms. The molecule has 7 rings (SSSR count). The summed E-state index contributed by atoms with van der Waals surface area (Å²) in [5.74, 6) is 1.30. The molecule has 2 aliphatic rings. The highest BCUT2D eigenvalue weighted by molar-refractivity contribution is 7.00. The summed E-state index contributed by atoms with van der Waals surface area (Å²) in [6.07, 6.45) is 0. The number of rotatable bonds is 5. The fourth-order valence-electron chi connectivity index (χ4n) is 7.88. The first-order valence-corrected chi connectivity index (χ1v) is 18.8. The van der Waals surface area contributed by atoms with Crippen molar-refractivity contribution in [3.05, 3.63) is 125 Å². The molecule has 2 nitrogen and oxygen atoms in total. The molecule has 2 heterocycles. The van der Waals surface area contributed by atoms with Crippen LogP contribution in [-0.2, 0) is 10.8 Å². The van der Waals surface area contributed by atoms with Gasteiger partial charge < -0.3 is 9.80 Å². The maximum atomic E-state index is 2.56. The van der Waals surface area contributed by atoms with Crippen LogP contribution in [0.15, 0.2) is 97.1 Å². The Kier molecular flexibility index (Phi) is 8.36. The molecule has 0 aromatic heterocycles. The quantitative estimate of drug-likeness (QED) is 0.170. The second kappa shape index (κ2) is 12.2. The lowest BCUT2D eigenvalue weighted by atomic mass is 9.33. The van der Waals surface area contributed by atoms with Crippen molar-refractivity contribution in [2.45, 2.75) is 112 Å².